The molecule has 1 N–H and O–H groups in total. The van der Waals surface area contributed by atoms with Crippen molar-refractivity contribution in [1.82, 2.24) is 14.9 Å². The Balaban J connectivity index is 1.62. The molecule has 3 heterocycles. The molecule has 2 unspecified atom stereocenters. The van der Waals surface area contributed by atoms with E-state index in [4.69, 9.17) is 4.74 Å². The first-order valence-corrected chi connectivity index (χ1v) is 8.58. The average molecular weight is 305 g/mol. The second-order valence-electron chi connectivity index (χ2n) is 5.58. The summed E-state index contributed by atoms with van der Waals surface area (Å²) < 4.78 is 7.90. The topological polar surface area (TPSA) is 39.1 Å². The van der Waals surface area contributed by atoms with Crippen molar-refractivity contribution < 1.29 is 4.74 Å². The van der Waals surface area contributed by atoms with E-state index in [9.17, 15) is 0 Å². The predicted octanol–water partition coefficient (Wildman–Crippen LogP) is 3.12. The van der Waals surface area contributed by atoms with Crippen molar-refractivity contribution in [2.24, 2.45) is 7.05 Å². The van der Waals surface area contributed by atoms with Gasteiger partial charge < -0.3 is 14.6 Å². The summed E-state index contributed by atoms with van der Waals surface area (Å²) in [4.78, 5) is 5.83. The quantitative estimate of drug-likeness (QED) is 0.891. The molecule has 114 valence electrons. The van der Waals surface area contributed by atoms with Crippen LogP contribution < -0.4 is 5.32 Å². The molecule has 0 aliphatic carbocycles. The van der Waals surface area contributed by atoms with Crippen molar-refractivity contribution in [3.05, 3.63) is 40.6 Å². The number of hydrogen-bond donors (Lipinski definition) is 1. The summed E-state index contributed by atoms with van der Waals surface area (Å²) in [6.45, 7) is 1.89. The molecule has 4 nitrogen and oxygen atoms in total. The van der Waals surface area contributed by atoms with Gasteiger partial charge in [-0.3, -0.25) is 0 Å². The van der Waals surface area contributed by atoms with Crippen LogP contribution in [0.5, 0.6) is 0 Å². The van der Waals surface area contributed by atoms with E-state index in [1.807, 2.05) is 12.4 Å². The fourth-order valence-corrected chi connectivity index (χ4v) is 3.65. The lowest BCUT2D eigenvalue weighted by atomic mass is 10.1. The number of rotatable bonds is 6. The van der Waals surface area contributed by atoms with Crippen LogP contribution in [0, 0.1) is 0 Å². The van der Waals surface area contributed by atoms with E-state index in [-0.39, 0.29) is 6.04 Å². The summed E-state index contributed by atoms with van der Waals surface area (Å²) in [6, 6.07) is 4.45. The average Bonchev–Trinajstić information content (AvgIpc) is 3.17. The summed E-state index contributed by atoms with van der Waals surface area (Å²) in [6.07, 6.45) is 9.09. The van der Waals surface area contributed by atoms with E-state index in [0.717, 1.165) is 25.4 Å². The number of hydrogen-bond acceptors (Lipinski definition) is 4. The van der Waals surface area contributed by atoms with Crippen LogP contribution in [0.2, 0.25) is 0 Å². The summed E-state index contributed by atoms with van der Waals surface area (Å²) in [7, 11) is 2.05. The molecule has 1 aliphatic rings. The fraction of sp³-hybridized carbons (Fsp3) is 0.562. The molecule has 3 rings (SSSR count). The molecule has 1 fully saturated rings. The minimum Gasteiger partial charge on any atom is -0.378 e. The first-order chi connectivity index (χ1) is 10.3. The number of ether oxygens (including phenoxy) is 1. The number of nitrogens with one attached hydrogen (secondary N) is 1. The monoisotopic (exact) mass is 305 g/mol. The maximum atomic E-state index is 5.81. The molecule has 0 bridgehead atoms. The molecule has 2 atom stereocenters. The third-order valence-corrected chi connectivity index (χ3v) is 4.97. The number of thiophene rings is 1. The van der Waals surface area contributed by atoms with Gasteiger partial charge in [0.25, 0.3) is 0 Å². The zero-order chi connectivity index (χ0) is 14.5. The first kappa shape index (κ1) is 14.8. The molecule has 2 aromatic heterocycles. The number of aryl methyl sites for hydroxylation is 1. The largest absolute Gasteiger partial charge is 0.378 e. The Kier molecular flexibility index (Phi) is 5.06. The maximum absolute atomic E-state index is 5.81. The second-order valence-corrected chi connectivity index (χ2v) is 6.56. The van der Waals surface area contributed by atoms with Crippen LogP contribution in [0.4, 0.5) is 0 Å². The molecule has 21 heavy (non-hydrogen) atoms. The van der Waals surface area contributed by atoms with E-state index < -0.39 is 0 Å². The summed E-state index contributed by atoms with van der Waals surface area (Å²) >= 11 is 1.78. The molecule has 0 saturated carbocycles. The lowest BCUT2D eigenvalue weighted by Gasteiger charge is -2.24. The van der Waals surface area contributed by atoms with Crippen molar-refractivity contribution in [2.75, 3.05) is 13.2 Å². The normalized spacial score (nSPS) is 20.5. The Bertz CT molecular complexity index is 531. The van der Waals surface area contributed by atoms with Crippen molar-refractivity contribution in [3.63, 3.8) is 0 Å². The number of imidazole rings is 1. The van der Waals surface area contributed by atoms with Gasteiger partial charge in [0.15, 0.2) is 0 Å². The molecule has 0 spiro atoms. The molecule has 0 aromatic carbocycles. The second kappa shape index (κ2) is 7.20. The maximum Gasteiger partial charge on any atom is 0.131 e. The van der Waals surface area contributed by atoms with Gasteiger partial charge in [0, 0.05) is 30.9 Å². The SMILES string of the molecule is Cn1ccnc1C(NCCC1CCCCO1)c1cccs1. The van der Waals surface area contributed by atoms with Crippen LogP contribution in [0.15, 0.2) is 29.9 Å². The summed E-state index contributed by atoms with van der Waals surface area (Å²) in [5.74, 6) is 1.07. The highest BCUT2D eigenvalue weighted by Crippen LogP contribution is 2.25. The van der Waals surface area contributed by atoms with E-state index >= 15 is 0 Å². The lowest BCUT2D eigenvalue weighted by Crippen LogP contribution is -2.29. The van der Waals surface area contributed by atoms with E-state index in [1.165, 1.54) is 24.1 Å². The van der Waals surface area contributed by atoms with Crippen molar-refractivity contribution in [2.45, 2.75) is 37.8 Å². The van der Waals surface area contributed by atoms with Gasteiger partial charge in [0.2, 0.25) is 0 Å². The first-order valence-electron chi connectivity index (χ1n) is 7.70. The van der Waals surface area contributed by atoms with Gasteiger partial charge in [-0.2, -0.15) is 0 Å². The molecular formula is C16H23N3OS. The van der Waals surface area contributed by atoms with Crippen LogP contribution in [0.1, 0.15) is 42.4 Å². The standard InChI is InChI=1S/C16H23N3OS/c1-19-10-9-18-16(19)15(14-6-4-12-21-14)17-8-7-13-5-2-3-11-20-13/h4,6,9-10,12-13,15,17H,2-3,5,7-8,11H2,1H3. The van der Waals surface area contributed by atoms with Gasteiger partial charge >= 0.3 is 0 Å². The van der Waals surface area contributed by atoms with Crippen LogP contribution in [-0.4, -0.2) is 28.8 Å². The summed E-state index contributed by atoms with van der Waals surface area (Å²) in [5, 5.41) is 5.78. The van der Waals surface area contributed by atoms with Crippen LogP contribution in [0.3, 0.4) is 0 Å². The van der Waals surface area contributed by atoms with E-state index in [2.05, 4.69) is 39.4 Å². The Morgan fingerprint density at radius 2 is 2.48 bits per heavy atom. The Morgan fingerprint density at radius 3 is 3.14 bits per heavy atom. The zero-order valence-corrected chi connectivity index (χ0v) is 13.3. The fourth-order valence-electron chi connectivity index (χ4n) is 2.85. The third kappa shape index (κ3) is 3.73. The van der Waals surface area contributed by atoms with Crippen LogP contribution in [-0.2, 0) is 11.8 Å². The van der Waals surface area contributed by atoms with Crippen molar-refractivity contribution >= 4 is 11.3 Å². The van der Waals surface area contributed by atoms with Crippen molar-refractivity contribution in [3.8, 4) is 0 Å². The van der Waals surface area contributed by atoms with Crippen LogP contribution >= 0.6 is 11.3 Å². The summed E-state index contributed by atoms with van der Waals surface area (Å²) in [5.41, 5.74) is 0. The smallest absolute Gasteiger partial charge is 0.131 e. The van der Waals surface area contributed by atoms with Crippen molar-refractivity contribution in [1.29, 1.82) is 0 Å². The number of nitrogens with zero attached hydrogens (tertiary/aromatic N) is 2. The molecule has 0 radical (unpaired) electrons. The highest BCUT2D eigenvalue weighted by atomic mass is 32.1. The van der Waals surface area contributed by atoms with E-state index in [1.54, 1.807) is 11.3 Å². The highest BCUT2D eigenvalue weighted by Gasteiger charge is 2.20. The predicted molar refractivity (Wildman–Crippen MR) is 85.6 cm³/mol. The number of aromatic nitrogens is 2. The highest BCUT2D eigenvalue weighted by molar-refractivity contribution is 7.10. The van der Waals surface area contributed by atoms with Gasteiger partial charge in [-0.05, 0) is 43.7 Å². The molecule has 0 amide bonds. The Labute approximate surface area is 130 Å². The third-order valence-electron chi connectivity index (χ3n) is 4.03. The Morgan fingerprint density at radius 1 is 1.52 bits per heavy atom. The minimum absolute atomic E-state index is 0.175. The van der Waals surface area contributed by atoms with Gasteiger partial charge in [-0.15, -0.1) is 11.3 Å². The van der Waals surface area contributed by atoms with Crippen LogP contribution in [0.25, 0.3) is 0 Å². The zero-order valence-electron chi connectivity index (χ0n) is 12.5. The molecule has 1 saturated heterocycles. The van der Waals surface area contributed by atoms with Gasteiger partial charge in [0.1, 0.15) is 11.9 Å². The molecule has 2 aromatic rings. The molecule has 5 heteroatoms. The van der Waals surface area contributed by atoms with Gasteiger partial charge in [0.05, 0.1) is 6.10 Å². The van der Waals surface area contributed by atoms with Gasteiger partial charge in [-0.25, -0.2) is 4.98 Å². The Hall–Kier alpha value is -1.17. The van der Waals surface area contributed by atoms with Gasteiger partial charge in [-0.1, -0.05) is 6.07 Å². The molecule has 1 aliphatic heterocycles. The lowest BCUT2D eigenvalue weighted by molar-refractivity contribution is 0.0113. The van der Waals surface area contributed by atoms with E-state index in [0.29, 0.717) is 6.10 Å². The minimum atomic E-state index is 0.175. The molecular weight excluding hydrogens is 282 g/mol.